The Morgan fingerprint density at radius 1 is 1.28 bits per heavy atom. The van der Waals surface area contributed by atoms with Crippen molar-refractivity contribution in [1.29, 1.82) is 0 Å². The SMILES string of the molecule is CC(C)c1nc(C(=O)N2C[C@@H]3CC[C@H]2CN(CC(=O)N(C)C)C3)cs1. The predicted octanol–water partition coefficient (Wildman–Crippen LogP) is 1.89. The average molecular weight is 365 g/mol. The predicted molar refractivity (Wildman–Crippen MR) is 98.9 cm³/mol. The Hall–Kier alpha value is -1.47. The van der Waals surface area contributed by atoms with Crippen LogP contribution in [0, 0.1) is 5.92 Å². The van der Waals surface area contributed by atoms with Crippen molar-refractivity contribution < 1.29 is 9.59 Å². The molecule has 0 unspecified atom stereocenters. The Balaban J connectivity index is 1.71. The van der Waals surface area contributed by atoms with Crippen molar-refractivity contribution in [3.05, 3.63) is 16.1 Å². The summed E-state index contributed by atoms with van der Waals surface area (Å²) in [6.07, 6.45) is 2.15. The van der Waals surface area contributed by atoms with E-state index in [1.807, 2.05) is 10.3 Å². The van der Waals surface area contributed by atoms with Gasteiger partial charge in [0.1, 0.15) is 5.69 Å². The lowest BCUT2D eigenvalue weighted by Crippen LogP contribution is -2.48. The summed E-state index contributed by atoms with van der Waals surface area (Å²) in [5, 5.41) is 2.91. The first-order chi connectivity index (χ1) is 11.8. The normalized spacial score (nSPS) is 23.8. The molecular formula is C18H28N4O2S. The summed E-state index contributed by atoms with van der Waals surface area (Å²) in [6.45, 7) is 7.10. The fraction of sp³-hybridized carbons (Fsp3) is 0.722. The Kier molecular flexibility index (Phi) is 5.43. The van der Waals surface area contributed by atoms with Crippen molar-refractivity contribution >= 4 is 23.2 Å². The highest BCUT2D eigenvalue weighted by atomic mass is 32.1. The van der Waals surface area contributed by atoms with Crippen LogP contribution in [0.15, 0.2) is 5.38 Å². The number of rotatable bonds is 4. The van der Waals surface area contributed by atoms with Crippen LogP contribution in [0.3, 0.4) is 0 Å². The first-order valence-electron chi connectivity index (χ1n) is 9.04. The van der Waals surface area contributed by atoms with Crippen molar-refractivity contribution in [3.8, 4) is 0 Å². The van der Waals surface area contributed by atoms with Gasteiger partial charge in [0.2, 0.25) is 5.91 Å². The van der Waals surface area contributed by atoms with Gasteiger partial charge in [0.25, 0.3) is 5.91 Å². The third-order valence-electron chi connectivity index (χ3n) is 5.14. The highest BCUT2D eigenvalue weighted by Crippen LogP contribution is 2.30. The van der Waals surface area contributed by atoms with Gasteiger partial charge in [-0.05, 0) is 18.8 Å². The van der Waals surface area contributed by atoms with E-state index in [-0.39, 0.29) is 17.9 Å². The van der Waals surface area contributed by atoms with Crippen molar-refractivity contribution in [1.82, 2.24) is 19.7 Å². The average Bonchev–Trinajstić information content (AvgIpc) is 2.90. The van der Waals surface area contributed by atoms with Crippen LogP contribution in [0.5, 0.6) is 0 Å². The van der Waals surface area contributed by atoms with Gasteiger partial charge in [-0.2, -0.15) is 0 Å². The van der Waals surface area contributed by atoms with Crippen molar-refractivity contribution in [2.45, 2.75) is 38.6 Å². The van der Waals surface area contributed by atoms with Crippen molar-refractivity contribution in [2.75, 3.05) is 40.3 Å². The van der Waals surface area contributed by atoms with E-state index >= 15 is 0 Å². The molecule has 0 aliphatic carbocycles. The quantitative estimate of drug-likeness (QED) is 0.819. The number of fused-ring (bicyclic) bond motifs is 4. The van der Waals surface area contributed by atoms with Crippen LogP contribution in [-0.2, 0) is 4.79 Å². The molecule has 3 aliphatic rings. The first-order valence-corrected chi connectivity index (χ1v) is 9.92. The molecule has 3 aliphatic heterocycles. The zero-order valence-electron chi connectivity index (χ0n) is 15.6. The number of hydrogen-bond donors (Lipinski definition) is 0. The number of hydrogen-bond acceptors (Lipinski definition) is 5. The van der Waals surface area contributed by atoms with Crippen molar-refractivity contribution in [2.24, 2.45) is 5.92 Å². The highest BCUT2D eigenvalue weighted by molar-refractivity contribution is 7.09. The van der Waals surface area contributed by atoms with Gasteiger partial charge in [0, 0.05) is 51.1 Å². The second-order valence-electron chi connectivity index (χ2n) is 7.76. The molecule has 3 saturated heterocycles. The summed E-state index contributed by atoms with van der Waals surface area (Å²) in [6, 6.07) is 0.186. The van der Waals surface area contributed by atoms with E-state index in [4.69, 9.17) is 0 Å². The number of aromatic nitrogens is 1. The molecule has 4 heterocycles. The second kappa shape index (κ2) is 7.41. The third-order valence-corrected chi connectivity index (χ3v) is 6.29. The smallest absolute Gasteiger partial charge is 0.273 e. The van der Waals surface area contributed by atoms with E-state index in [1.165, 1.54) is 0 Å². The molecule has 0 saturated carbocycles. The van der Waals surface area contributed by atoms with E-state index in [9.17, 15) is 9.59 Å². The van der Waals surface area contributed by atoms with Gasteiger partial charge in [-0.15, -0.1) is 11.3 Å². The Labute approximate surface area is 153 Å². The summed E-state index contributed by atoms with van der Waals surface area (Å²) < 4.78 is 0. The highest BCUT2D eigenvalue weighted by Gasteiger charge is 2.38. The fourth-order valence-electron chi connectivity index (χ4n) is 3.69. The summed E-state index contributed by atoms with van der Waals surface area (Å²) in [5.41, 5.74) is 0.581. The van der Waals surface area contributed by atoms with E-state index in [0.717, 1.165) is 37.5 Å². The molecule has 6 nitrogen and oxygen atoms in total. The van der Waals surface area contributed by atoms with Gasteiger partial charge < -0.3 is 9.80 Å². The van der Waals surface area contributed by atoms with Crippen LogP contribution in [0.1, 0.15) is 48.1 Å². The number of carbonyl (C=O) groups excluding carboxylic acids is 2. The van der Waals surface area contributed by atoms with Gasteiger partial charge in [-0.25, -0.2) is 4.98 Å². The monoisotopic (exact) mass is 364 g/mol. The third kappa shape index (κ3) is 4.03. The second-order valence-corrected chi connectivity index (χ2v) is 8.65. The Morgan fingerprint density at radius 3 is 2.68 bits per heavy atom. The summed E-state index contributed by atoms with van der Waals surface area (Å²) in [4.78, 5) is 35.5. The van der Waals surface area contributed by atoms with Gasteiger partial charge in [0.15, 0.2) is 0 Å². The molecule has 4 rings (SSSR count). The molecular weight excluding hydrogens is 336 g/mol. The molecule has 2 atom stereocenters. The summed E-state index contributed by atoms with van der Waals surface area (Å²) >= 11 is 1.57. The molecule has 7 heteroatoms. The molecule has 0 N–H and O–H groups in total. The molecule has 0 radical (unpaired) electrons. The lowest BCUT2D eigenvalue weighted by Gasteiger charge is -2.35. The van der Waals surface area contributed by atoms with E-state index in [1.54, 1.807) is 30.3 Å². The molecule has 2 bridgehead atoms. The van der Waals surface area contributed by atoms with Crippen LogP contribution in [0.2, 0.25) is 0 Å². The molecule has 2 amide bonds. The number of likely N-dealkylation sites (N-methyl/N-ethyl adjacent to an activating group) is 1. The number of thiazole rings is 1. The maximum atomic E-state index is 13.0. The number of carbonyl (C=O) groups is 2. The fourth-order valence-corrected chi connectivity index (χ4v) is 4.50. The summed E-state index contributed by atoms with van der Waals surface area (Å²) in [5.74, 6) is 0.972. The minimum atomic E-state index is 0.0543. The van der Waals surface area contributed by atoms with Gasteiger partial charge in [-0.1, -0.05) is 13.8 Å². The first kappa shape index (κ1) is 18.3. The van der Waals surface area contributed by atoms with Crippen LogP contribution >= 0.6 is 11.3 Å². The largest absolute Gasteiger partial charge is 0.348 e. The lowest BCUT2D eigenvalue weighted by atomic mass is 9.95. The summed E-state index contributed by atoms with van der Waals surface area (Å²) in [7, 11) is 3.58. The van der Waals surface area contributed by atoms with E-state index in [0.29, 0.717) is 24.1 Å². The maximum Gasteiger partial charge on any atom is 0.273 e. The molecule has 25 heavy (non-hydrogen) atoms. The van der Waals surface area contributed by atoms with Crippen LogP contribution < -0.4 is 0 Å². The van der Waals surface area contributed by atoms with Gasteiger partial charge in [-0.3, -0.25) is 14.5 Å². The van der Waals surface area contributed by atoms with Gasteiger partial charge in [0.05, 0.1) is 11.6 Å². The van der Waals surface area contributed by atoms with Crippen molar-refractivity contribution in [3.63, 3.8) is 0 Å². The van der Waals surface area contributed by atoms with Crippen LogP contribution in [0.4, 0.5) is 0 Å². The molecule has 0 aromatic carbocycles. The van der Waals surface area contributed by atoms with Crippen LogP contribution in [-0.4, -0.2) is 77.8 Å². The zero-order chi connectivity index (χ0) is 18.1. The van der Waals surface area contributed by atoms with E-state index in [2.05, 4.69) is 23.7 Å². The van der Waals surface area contributed by atoms with Gasteiger partial charge >= 0.3 is 0 Å². The minimum absolute atomic E-state index is 0.0543. The zero-order valence-corrected chi connectivity index (χ0v) is 16.4. The Bertz CT molecular complexity index is 643. The molecule has 0 spiro atoms. The minimum Gasteiger partial charge on any atom is -0.348 e. The molecule has 3 fully saturated rings. The van der Waals surface area contributed by atoms with E-state index < -0.39 is 0 Å². The topological polar surface area (TPSA) is 56.8 Å². The molecule has 1 aromatic heterocycles. The number of amides is 2. The number of piperidine rings is 1. The number of nitrogens with zero attached hydrogens (tertiary/aromatic N) is 4. The molecule has 138 valence electrons. The Morgan fingerprint density at radius 2 is 2.04 bits per heavy atom. The standard InChI is InChI=1S/C18H28N4O2S/c1-12(2)17-19-15(11-25-17)18(24)22-8-13-5-6-14(22)9-21(7-13)10-16(23)20(3)4/h11-14H,5-10H2,1-4H3/t13-,14+/m1/s1. The molecule has 1 aromatic rings. The lowest BCUT2D eigenvalue weighted by molar-refractivity contribution is -0.129. The van der Waals surface area contributed by atoms with Crippen LogP contribution in [0.25, 0.3) is 0 Å². The maximum absolute atomic E-state index is 13.0.